The molecule has 1 unspecified atom stereocenters. The number of hydrogen-bond donors (Lipinski definition) is 2. The molecule has 0 aliphatic heterocycles. The van der Waals surface area contributed by atoms with Gasteiger partial charge in [0, 0.05) is 11.3 Å². The summed E-state index contributed by atoms with van der Waals surface area (Å²) in [6.45, 7) is 8.41. The van der Waals surface area contributed by atoms with Gasteiger partial charge in [-0.05, 0) is 23.5 Å². The molecular formula is C13H21NO. The van der Waals surface area contributed by atoms with Crippen molar-refractivity contribution in [3.05, 3.63) is 29.3 Å². The molecular weight excluding hydrogens is 186 g/mol. The van der Waals surface area contributed by atoms with E-state index in [9.17, 15) is 5.11 Å². The third kappa shape index (κ3) is 2.72. The summed E-state index contributed by atoms with van der Waals surface area (Å²) in [5.74, 6) is 0. The Morgan fingerprint density at radius 1 is 1.33 bits per heavy atom. The first-order chi connectivity index (χ1) is 6.86. The number of nitrogen functional groups attached to an aromatic ring is 1. The number of rotatable bonds is 2. The summed E-state index contributed by atoms with van der Waals surface area (Å²) in [6, 6.07) is 5.93. The maximum atomic E-state index is 9.82. The van der Waals surface area contributed by atoms with Crippen molar-refractivity contribution < 1.29 is 5.11 Å². The molecule has 1 aromatic carbocycles. The summed E-state index contributed by atoms with van der Waals surface area (Å²) < 4.78 is 0. The first-order valence-electron chi connectivity index (χ1n) is 5.44. The van der Waals surface area contributed by atoms with E-state index in [1.807, 2.05) is 25.1 Å². The molecule has 0 aliphatic carbocycles. The lowest BCUT2D eigenvalue weighted by atomic mass is 9.85. The zero-order valence-corrected chi connectivity index (χ0v) is 10.0. The SMILES string of the molecule is CCC(O)c1cc(C(C)(C)C)ccc1N. The van der Waals surface area contributed by atoms with Crippen LogP contribution in [0.5, 0.6) is 0 Å². The summed E-state index contributed by atoms with van der Waals surface area (Å²) in [6.07, 6.45) is 0.241. The number of aliphatic hydroxyl groups excluding tert-OH is 1. The molecule has 84 valence electrons. The minimum Gasteiger partial charge on any atom is -0.398 e. The monoisotopic (exact) mass is 207 g/mol. The molecule has 1 rings (SSSR count). The van der Waals surface area contributed by atoms with E-state index in [4.69, 9.17) is 5.73 Å². The lowest BCUT2D eigenvalue weighted by Gasteiger charge is -2.22. The van der Waals surface area contributed by atoms with E-state index >= 15 is 0 Å². The molecule has 2 heteroatoms. The summed E-state index contributed by atoms with van der Waals surface area (Å²) in [4.78, 5) is 0. The Hall–Kier alpha value is -1.02. The topological polar surface area (TPSA) is 46.2 Å². The van der Waals surface area contributed by atoms with Crippen molar-refractivity contribution in [2.75, 3.05) is 5.73 Å². The van der Waals surface area contributed by atoms with E-state index in [0.29, 0.717) is 12.1 Å². The zero-order chi connectivity index (χ0) is 11.6. The number of aliphatic hydroxyl groups is 1. The van der Waals surface area contributed by atoms with Crippen LogP contribution in [0.25, 0.3) is 0 Å². The van der Waals surface area contributed by atoms with E-state index in [2.05, 4.69) is 20.8 Å². The van der Waals surface area contributed by atoms with Gasteiger partial charge in [0.15, 0.2) is 0 Å². The van der Waals surface area contributed by atoms with Gasteiger partial charge < -0.3 is 10.8 Å². The molecule has 0 fully saturated rings. The molecule has 15 heavy (non-hydrogen) atoms. The van der Waals surface area contributed by atoms with Gasteiger partial charge >= 0.3 is 0 Å². The van der Waals surface area contributed by atoms with Crippen molar-refractivity contribution in [3.63, 3.8) is 0 Å². The number of nitrogens with two attached hydrogens (primary N) is 1. The smallest absolute Gasteiger partial charge is 0.0807 e. The van der Waals surface area contributed by atoms with Crippen molar-refractivity contribution in [1.29, 1.82) is 0 Å². The Balaban J connectivity index is 3.17. The van der Waals surface area contributed by atoms with Gasteiger partial charge in [0.1, 0.15) is 0 Å². The predicted molar refractivity (Wildman–Crippen MR) is 64.8 cm³/mol. The van der Waals surface area contributed by atoms with Crippen LogP contribution in [-0.4, -0.2) is 5.11 Å². The largest absolute Gasteiger partial charge is 0.398 e. The predicted octanol–water partition coefficient (Wildman–Crippen LogP) is 3.01. The van der Waals surface area contributed by atoms with Crippen LogP contribution in [0.3, 0.4) is 0 Å². The molecule has 0 bridgehead atoms. The summed E-state index contributed by atoms with van der Waals surface area (Å²) in [7, 11) is 0. The first-order valence-corrected chi connectivity index (χ1v) is 5.44. The van der Waals surface area contributed by atoms with Crippen molar-refractivity contribution >= 4 is 5.69 Å². The van der Waals surface area contributed by atoms with Gasteiger partial charge in [-0.25, -0.2) is 0 Å². The Morgan fingerprint density at radius 3 is 2.40 bits per heavy atom. The minimum atomic E-state index is -0.452. The molecule has 0 amide bonds. The summed E-state index contributed by atoms with van der Waals surface area (Å²) in [5, 5.41) is 9.82. The number of anilines is 1. The molecule has 0 radical (unpaired) electrons. The molecule has 1 aromatic rings. The van der Waals surface area contributed by atoms with Crippen LogP contribution < -0.4 is 5.73 Å². The summed E-state index contributed by atoms with van der Waals surface area (Å²) in [5.41, 5.74) is 8.68. The highest BCUT2D eigenvalue weighted by Crippen LogP contribution is 2.29. The summed E-state index contributed by atoms with van der Waals surface area (Å²) >= 11 is 0. The van der Waals surface area contributed by atoms with Crippen LogP contribution in [0.15, 0.2) is 18.2 Å². The fourth-order valence-electron chi connectivity index (χ4n) is 1.55. The van der Waals surface area contributed by atoms with Gasteiger partial charge in [-0.3, -0.25) is 0 Å². The zero-order valence-electron chi connectivity index (χ0n) is 10.0. The molecule has 0 spiro atoms. The number of hydrogen-bond acceptors (Lipinski definition) is 2. The average molecular weight is 207 g/mol. The second-order valence-corrected chi connectivity index (χ2v) is 5.02. The van der Waals surface area contributed by atoms with E-state index in [-0.39, 0.29) is 5.41 Å². The molecule has 0 saturated heterocycles. The Bertz CT molecular complexity index is 339. The second-order valence-electron chi connectivity index (χ2n) is 5.02. The molecule has 0 saturated carbocycles. The van der Waals surface area contributed by atoms with Gasteiger partial charge in [0.05, 0.1) is 6.10 Å². The molecule has 0 aromatic heterocycles. The Morgan fingerprint density at radius 2 is 1.93 bits per heavy atom. The highest BCUT2D eigenvalue weighted by Gasteiger charge is 2.17. The van der Waals surface area contributed by atoms with E-state index in [1.54, 1.807) is 0 Å². The van der Waals surface area contributed by atoms with Crippen molar-refractivity contribution in [3.8, 4) is 0 Å². The highest BCUT2D eigenvalue weighted by molar-refractivity contribution is 5.50. The third-order valence-corrected chi connectivity index (χ3v) is 2.70. The van der Waals surface area contributed by atoms with Crippen LogP contribution in [0.1, 0.15) is 51.3 Å². The second kappa shape index (κ2) is 4.23. The van der Waals surface area contributed by atoms with Crippen LogP contribution in [0.2, 0.25) is 0 Å². The molecule has 2 nitrogen and oxygen atoms in total. The van der Waals surface area contributed by atoms with Gasteiger partial charge in [0.2, 0.25) is 0 Å². The maximum Gasteiger partial charge on any atom is 0.0807 e. The first kappa shape index (κ1) is 12.1. The fourth-order valence-corrected chi connectivity index (χ4v) is 1.55. The quantitative estimate of drug-likeness (QED) is 0.732. The minimum absolute atomic E-state index is 0.0932. The highest BCUT2D eigenvalue weighted by atomic mass is 16.3. The average Bonchev–Trinajstić information content (AvgIpc) is 2.15. The number of benzene rings is 1. The molecule has 0 heterocycles. The van der Waals surface area contributed by atoms with Crippen molar-refractivity contribution in [2.45, 2.75) is 45.6 Å². The van der Waals surface area contributed by atoms with Crippen LogP contribution >= 0.6 is 0 Å². The van der Waals surface area contributed by atoms with Crippen molar-refractivity contribution in [2.24, 2.45) is 0 Å². The fraction of sp³-hybridized carbons (Fsp3) is 0.538. The maximum absolute atomic E-state index is 9.82. The molecule has 0 aliphatic rings. The standard InChI is InChI=1S/C13H21NO/c1-5-12(15)10-8-9(13(2,3)4)6-7-11(10)14/h6-8,12,15H,5,14H2,1-4H3. The van der Waals surface area contributed by atoms with E-state index in [0.717, 1.165) is 5.56 Å². The lowest BCUT2D eigenvalue weighted by molar-refractivity contribution is 0.174. The molecule has 1 atom stereocenters. The van der Waals surface area contributed by atoms with Gasteiger partial charge in [-0.2, -0.15) is 0 Å². The van der Waals surface area contributed by atoms with Gasteiger partial charge in [-0.15, -0.1) is 0 Å². The third-order valence-electron chi connectivity index (χ3n) is 2.70. The van der Waals surface area contributed by atoms with Gasteiger partial charge in [-0.1, -0.05) is 39.8 Å². The lowest BCUT2D eigenvalue weighted by Crippen LogP contribution is -2.13. The van der Waals surface area contributed by atoms with Crippen LogP contribution in [0, 0.1) is 0 Å². The normalized spacial score (nSPS) is 13.9. The van der Waals surface area contributed by atoms with Gasteiger partial charge in [0.25, 0.3) is 0 Å². The van der Waals surface area contributed by atoms with Crippen molar-refractivity contribution in [1.82, 2.24) is 0 Å². The van der Waals surface area contributed by atoms with E-state index in [1.165, 1.54) is 5.56 Å². The van der Waals surface area contributed by atoms with Crippen LogP contribution in [-0.2, 0) is 5.41 Å². The Kier molecular flexibility index (Phi) is 3.40. The van der Waals surface area contributed by atoms with Crippen LogP contribution in [0.4, 0.5) is 5.69 Å². The molecule has 3 N–H and O–H groups in total. The Labute approximate surface area is 92.1 Å². The van der Waals surface area contributed by atoms with E-state index < -0.39 is 6.10 Å².